The molecular formula is C30H30ClN3O4. The number of aromatic hydroxyl groups is 1. The summed E-state index contributed by atoms with van der Waals surface area (Å²) < 4.78 is 11.8. The molecule has 2 heterocycles. The highest BCUT2D eigenvalue weighted by Gasteiger charge is 2.42. The maximum atomic E-state index is 13.6. The first-order valence-corrected chi connectivity index (χ1v) is 13.1. The van der Waals surface area contributed by atoms with E-state index < -0.39 is 6.04 Å². The van der Waals surface area contributed by atoms with Crippen molar-refractivity contribution in [2.45, 2.75) is 38.8 Å². The van der Waals surface area contributed by atoms with E-state index in [0.29, 0.717) is 52.2 Å². The summed E-state index contributed by atoms with van der Waals surface area (Å²) in [6, 6.07) is 20.1. The van der Waals surface area contributed by atoms with E-state index in [4.69, 9.17) is 21.1 Å². The van der Waals surface area contributed by atoms with Crippen LogP contribution in [-0.2, 0) is 6.61 Å². The molecule has 7 nitrogen and oxygen atoms in total. The van der Waals surface area contributed by atoms with E-state index in [1.807, 2.05) is 53.4 Å². The number of carbonyl (C=O) groups excluding carboxylic acids is 1. The van der Waals surface area contributed by atoms with Crippen molar-refractivity contribution < 1.29 is 19.4 Å². The summed E-state index contributed by atoms with van der Waals surface area (Å²) in [6.07, 6.45) is 2.94. The molecule has 38 heavy (non-hydrogen) atoms. The second kappa shape index (κ2) is 11.2. The molecule has 4 aromatic rings. The number of rotatable bonds is 10. The quantitative estimate of drug-likeness (QED) is 0.221. The lowest BCUT2D eigenvalue weighted by Crippen LogP contribution is -2.30. The summed E-state index contributed by atoms with van der Waals surface area (Å²) in [4.78, 5) is 15.4. The Labute approximate surface area is 227 Å². The van der Waals surface area contributed by atoms with Crippen LogP contribution in [0.15, 0.2) is 66.7 Å². The van der Waals surface area contributed by atoms with Crippen LogP contribution >= 0.6 is 11.6 Å². The maximum Gasteiger partial charge on any atom is 0.273 e. The minimum absolute atomic E-state index is 0.0431. The fourth-order valence-corrected chi connectivity index (χ4v) is 5.09. The molecule has 0 spiro atoms. The molecule has 0 saturated carbocycles. The smallest absolute Gasteiger partial charge is 0.273 e. The van der Waals surface area contributed by atoms with E-state index in [2.05, 4.69) is 17.1 Å². The Morgan fingerprint density at radius 1 is 1.05 bits per heavy atom. The standard InChI is InChI=1S/C30H30ClN3O4/c1-3-4-8-15-34-29(20-11-14-24(25(16-20)37-2)38-18-19-9-6-5-7-10-19)26-27(32-33-28(26)30(34)36)22-17-21(31)12-13-23(22)35/h5-7,9-14,16-17,29,35H,3-4,8,15,18H2,1-2H3,(H,32,33). The zero-order valence-electron chi connectivity index (χ0n) is 21.4. The number of nitrogens with zero attached hydrogens (tertiary/aromatic N) is 2. The molecule has 0 bridgehead atoms. The van der Waals surface area contributed by atoms with Gasteiger partial charge in [0, 0.05) is 22.7 Å². The lowest BCUT2D eigenvalue weighted by Gasteiger charge is -2.27. The summed E-state index contributed by atoms with van der Waals surface area (Å²) in [6.45, 7) is 3.13. The first kappa shape index (κ1) is 25.7. The van der Waals surface area contributed by atoms with Crippen LogP contribution < -0.4 is 9.47 Å². The molecule has 1 aliphatic heterocycles. The van der Waals surface area contributed by atoms with Crippen LogP contribution in [0.1, 0.15) is 59.4 Å². The minimum atomic E-state index is -0.418. The number of hydrogen-bond donors (Lipinski definition) is 2. The van der Waals surface area contributed by atoms with Crippen molar-refractivity contribution in [3.63, 3.8) is 0 Å². The predicted octanol–water partition coefficient (Wildman–Crippen LogP) is 6.76. The Morgan fingerprint density at radius 3 is 2.63 bits per heavy atom. The Balaban J connectivity index is 1.55. The Morgan fingerprint density at radius 2 is 1.87 bits per heavy atom. The highest BCUT2D eigenvalue weighted by atomic mass is 35.5. The number of unbranched alkanes of at least 4 members (excludes halogenated alkanes) is 2. The second-order valence-electron chi connectivity index (χ2n) is 9.32. The fourth-order valence-electron chi connectivity index (χ4n) is 4.92. The molecule has 5 rings (SSSR count). The number of aromatic amines is 1. The molecule has 1 aromatic heterocycles. The van der Waals surface area contributed by atoms with Crippen molar-refractivity contribution in [1.29, 1.82) is 0 Å². The van der Waals surface area contributed by atoms with Crippen LogP contribution in [0.2, 0.25) is 5.02 Å². The zero-order chi connectivity index (χ0) is 26.6. The normalized spacial score (nSPS) is 14.6. The predicted molar refractivity (Wildman–Crippen MR) is 147 cm³/mol. The number of ether oxygens (including phenoxy) is 2. The molecule has 1 atom stereocenters. The first-order chi connectivity index (χ1) is 18.5. The van der Waals surface area contributed by atoms with Gasteiger partial charge in [-0.2, -0.15) is 5.10 Å². The SMILES string of the molecule is CCCCCN1C(=O)c2[nH]nc(-c3cc(Cl)ccc3O)c2C1c1ccc(OCc2ccccc2)c(OC)c1. The number of carbonyl (C=O) groups is 1. The first-order valence-electron chi connectivity index (χ1n) is 12.7. The number of phenolic OH excluding ortho intramolecular Hbond substituents is 1. The van der Waals surface area contributed by atoms with Crippen LogP contribution in [0.4, 0.5) is 0 Å². The van der Waals surface area contributed by atoms with Gasteiger partial charge in [-0.25, -0.2) is 0 Å². The number of methoxy groups -OCH3 is 1. The van der Waals surface area contributed by atoms with Gasteiger partial charge in [0.25, 0.3) is 5.91 Å². The van der Waals surface area contributed by atoms with E-state index in [1.165, 1.54) is 6.07 Å². The molecule has 2 N–H and O–H groups in total. The lowest BCUT2D eigenvalue weighted by atomic mass is 9.95. The molecule has 0 radical (unpaired) electrons. The molecule has 1 aliphatic rings. The van der Waals surface area contributed by atoms with Crippen molar-refractivity contribution in [3.8, 4) is 28.5 Å². The fraction of sp³-hybridized carbons (Fsp3) is 0.267. The van der Waals surface area contributed by atoms with Crippen molar-refractivity contribution in [3.05, 3.63) is 94.1 Å². The molecular weight excluding hydrogens is 502 g/mol. The van der Waals surface area contributed by atoms with Gasteiger partial charge >= 0.3 is 0 Å². The van der Waals surface area contributed by atoms with E-state index in [0.717, 1.165) is 30.4 Å². The van der Waals surface area contributed by atoms with Crippen LogP contribution in [-0.4, -0.2) is 39.8 Å². The van der Waals surface area contributed by atoms with Gasteiger partial charge in [-0.3, -0.25) is 9.89 Å². The number of H-pyrrole nitrogens is 1. The van der Waals surface area contributed by atoms with Crippen molar-refractivity contribution in [1.82, 2.24) is 15.1 Å². The van der Waals surface area contributed by atoms with E-state index >= 15 is 0 Å². The number of fused-ring (bicyclic) bond motifs is 1. The largest absolute Gasteiger partial charge is 0.507 e. The third-order valence-electron chi connectivity index (χ3n) is 6.82. The van der Waals surface area contributed by atoms with Crippen LogP contribution in [0, 0.1) is 0 Å². The summed E-state index contributed by atoms with van der Waals surface area (Å²) in [5.41, 5.74) is 4.02. The van der Waals surface area contributed by atoms with Gasteiger partial charge in [0.05, 0.1) is 13.2 Å². The summed E-state index contributed by atoms with van der Waals surface area (Å²) in [7, 11) is 1.60. The summed E-state index contributed by atoms with van der Waals surface area (Å²) >= 11 is 6.25. The molecule has 0 saturated heterocycles. The highest BCUT2D eigenvalue weighted by Crippen LogP contribution is 2.46. The van der Waals surface area contributed by atoms with Crippen molar-refractivity contribution in [2.24, 2.45) is 0 Å². The van der Waals surface area contributed by atoms with Crippen molar-refractivity contribution in [2.75, 3.05) is 13.7 Å². The molecule has 0 aliphatic carbocycles. The summed E-state index contributed by atoms with van der Waals surface area (Å²) in [5.74, 6) is 1.11. The van der Waals surface area contributed by atoms with Crippen molar-refractivity contribution >= 4 is 17.5 Å². The molecule has 8 heteroatoms. The number of hydrogen-bond acceptors (Lipinski definition) is 5. The average molecular weight is 532 g/mol. The van der Waals surface area contributed by atoms with E-state index in [-0.39, 0.29) is 11.7 Å². The van der Waals surface area contributed by atoms with Crippen LogP contribution in [0.3, 0.4) is 0 Å². The number of halogens is 1. The van der Waals surface area contributed by atoms with Gasteiger partial charge in [-0.1, -0.05) is 67.8 Å². The molecule has 3 aromatic carbocycles. The summed E-state index contributed by atoms with van der Waals surface area (Å²) in [5, 5.41) is 18.5. The second-order valence-corrected chi connectivity index (χ2v) is 9.75. The zero-order valence-corrected chi connectivity index (χ0v) is 22.2. The number of nitrogens with one attached hydrogen (secondary N) is 1. The maximum absolute atomic E-state index is 13.6. The Hall–Kier alpha value is -3.97. The lowest BCUT2D eigenvalue weighted by molar-refractivity contribution is 0.0740. The van der Waals surface area contributed by atoms with Gasteiger partial charge < -0.3 is 19.5 Å². The van der Waals surface area contributed by atoms with Gasteiger partial charge in [-0.15, -0.1) is 0 Å². The topological polar surface area (TPSA) is 87.7 Å². The number of amides is 1. The van der Waals surface area contributed by atoms with Gasteiger partial charge in [-0.05, 0) is 47.9 Å². The average Bonchev–Trinajstić information content (AvgIpc) is 3.48. The van der Waals surface area contributed by atoms with Gasteiger partial charge in [0.1, 0.15) is 23.7 Å². The third-order valence-corrected chi connectivity index (χ3v) is 7.06. The van der Waals surface area contributed by atoms with Gasteiger partial charge in [0.15, 0.2) is 11.5 Å². The third kappa shape index (κ3) is 4.94. The Bertz CT molecular complexity index is 1440. The number of phenols is 1. The van der Waals surface area contributed by atoms with Crippen LogP contribution in [0.25, 0.3) is 11.3 Å². The molecule has 196 valence electrons. The number of benzene rings is 3. The highest BCUT2D eigenvalue weighted by molar-refractivity contribution is 6.31. The minimum Gasteiger partial charge on any atom is -0.507 e. The molecule has 0 fully saturated rings. The monoisotopic (exact) mass is 531 g/mol. The molecule has 1 unspecified atom stereocenters. The van der Waals surface area contributed by atoms with Crippen LogP contribution in [0.5, 0.6) is 17.2 Å². The van der Waals surface area contributed by atoms with Gasteiger partial charge in [0.2, 0.25) is 0 Å². The molecule has 1 amide bonds. The van der Waals surface area contributed by atoms with E-state index in [9.17, 15) is 9.90 Å². The Kier molecular flexibility index (Phi) is 7.56. The number of aromatic nitrogens is 2. The van der Waals surface area contributed by atoms with E-state index in [1.54, 1.807) is 19.2 Å².